The summed E-state index contributed by atoms with van der Waals surface area (Å²) in [6, 6.07) is 14.4. The van der Waals surface area contributed by atoms with Gasteiger partial charge in [-0.3, -0.25) is 4.79 Å². The van der Waals surface area contributed by atoms with Crippen molar-refractivity contribution in [3.63, 3.8) is 0 Å². The van der Waals surface area contributed by atoms with Gasteiger partial charge in [-0.05, 0) is 31.2 Å². The molecule has 0 atom stereocenters. The number of hydrogen-bond acceptors (Lipinski definition) is 8. The Labute approximate surface area is 190 Å². The zero-order chi connectivity index (χ0) is 23.2. The third kappa shape index (κ3) is 6.66. The smallest absolute Gasteiger partial charge is 0.240 e. The van der Waals surface area contributed by atoms with Gasteiger partial charge in [-0.1, -0.05) is 47.2 Å². The first-order valence-electron chi connectivity index (χ1n) is 9.62. The van der Waals surface area contributed by atoms with Crippen LogP contribution in [-0.4, -0.2) is 45.2 Å². The third-order valence-corrected chi connectivity index (χ3v) is 8.48. The number of aromatic nitrogens is 2. The molecule has 3 rings (SSSR count). The molecule has 3 aromatic rings. The Morgan fingerprint density at radius 3 is 2.31 bits per heavy atom. The number of nitrogens with one attached hydrogen (secondary N) is 2. The van der Waals surface area contributed by atoms with Crippen molar-refractivity contribution in [3.05, 3.63) is 65.2 Å². The fourth-order valence-corrected chi connectivity index (χ4v) is 5.70. The summed E-state index contributed by atoms with van der Waals surface area (Å²) in [4.78, 5) is 12.4. The fourth-order valence-electron chi connectivity index (χ4n) is 2.65. The molecule has 0 fully saturated rings. The van der Waals surface area contributed by atoms with Gasteiger partial charge in [-0.25, -0.2) is 21.6 Å². The largest absolute Gasteiger partial charge is 0.301 e. The minimum atomic E-state index is -3.62. The highest BCUT2D eigenvalue weighted by atomic mass is 32.2. The summed E-state index contributed by atoms with van der Waals surface area (Å²) in [7, 11) is -7.18. The number of amides is 1. The molecule has 1 amide bonds. The van der Waals surface area contributed by atoms with E-state index in [1.807, 2.05) is 6.92 Å². The molecule has 12 heteroatoms. The van der Waals surface area contributed by atoms with Crippen molar-refractivity contribution >= 4 is 42.2 Å². The van der Waals surface area contributed by atoms with Crippen molar-refractivity contribution in [1.29, 1.82) is 0 Å². The number of nitrogens with zero attached hydrogens (tertiary/aromatic N) is 2. The lowest BCUT2D eigenvalue weighted by molar-refractivity contribution is -0.115. The Balaban J connectivity index is 1.47. The van der Waals surface area contributed by atoms with Crippen molar-refractivity contribution in [2.45, 2.75) is 29.6 Å². The van der Waals surface area contributed by atoms with Crippen LogP contribution in [-0.2, 0) is 31.1 Å². The van der Waals surface area contributed by atoms with Crippen molar-refractivity contribution in [2.24, 2.45) is 0 Å². The minimum Gasteiger partial charge on any atom is -0.301 e. The van der Waals surface area contributed by atoms with E-state index in [9.17, 15) is 21.6 Å². The Morgan fingerprint density at radius 2 is 1.62 bits per heavy atom. The van der Waals surface area contributed by atoms with E-state index in [0.717, 1.165) is 16.9 Å². The zero-order valence-corrected chi connectivity index (χ0v) is 19.6. The normalized spacial score (nSPS) is 11.9. The molecule has 0 aliphatic rings. The van der Waals surface area contributed by atoms with Crippen LogP contribution in [0.5, 0.6) is 0 Å². The van der Waals surface area contributed by atoms with Gasteiger partial charge >= 0.3 is 0 Å². The second-order valence-corrected chi connectivity index (χ2v) is 11.8. The van der Waals surface area contributed by atoms with Gasteiger partial charge in [0.05, 0.1) is 15.5 Å². The molecule has 0 aliphatic heterocycles. The van der Waals surface area contributed by atoms with Gasteiger partial charge in [0.1, 0.15) is 5.01 Å². The molecule has 0 bridgehead atoms. The second-order valence-electron chi connectivity index (χ2n) is 6.89. The van der Waals surface area contributed by atoms with Crippen LogP contribution in [0.1, 0.15) is 17.0 Å². The lowest BCUT2D eigenvalue weighted by Gasteiger charge is -2.06. The number of benzene rings is 2. The summed E-state index contributed by atoms with van der Waals surface area (Å²) >= 11 is 1.10. The summed E-state index contributed by atoms with van der Waals surface area (Å²) < 4.78 is 51.6. The number of rotatable bonds is 10. The van der Waals surface area contributed by atoms with Gasteiger partial charge in [-0.2, -0.15) is 0 Å². The van der Waals surface area contributed by atoms with E-state index in [4.69, 9.17) is 0 Å². The predicted molar refractivity (Wildman–Crippen MR) is 122 cm³/mol. The van der Waals surface area contributed by atoms with Crippen LogP contribution in [0, 0.1) is 6.92 Å². The highest BCUT2D eigenvalue weighted by molar-refractivity contribution is 7.91. The van der Waals surface area contributed by atoms with E-state index < -0.39 is 25.8 Å². The molecule has 2 N–H and O–H groups in total. The van der Waals surface area contributed by atoms with Crippen LogP contribution >= 0.6 is 11.3 Å². The minimum absolute atomic E-state index is 0.119. The number of carbonyl (C=O) groups excluding carboxylic acids is 1. The van der Waals surface area contributed by atoms with Crippen LogP contribution in [0.3, 0.4) is 0 Å². The Bertz CT molecular complexity index is 1270. The lowest BCUT2D eigenvalue weighted by Crippen LogP contribution is -2.25. The molecule has 0 saturated carbocycles. The molecule has 0 saturated heterocycles. The number of hydrogen-bond donors (Lipinski definition) is 2. The van der Waals surface area contributed by atoms with Crippen LogP contribution in [0.4, 0.5) is 5.13 Å². The standard InChI is InChI=1S/C20H22N4O5S3/c1-15-7-9-17(10-8-15)32(28,29)21-13-11-19-23-24-20(30-19)22-18(25)12-14-31(26,27)16-5-3-2-4-6-16/h2-10,21H,11-14H2,1H3,(H,22,24,25). The summed E-state index contributed by atoms with van der Waals surface area (Å²) in [5.74, 6) is -0.817. The Hall–Kier alpha value is -2.67. The van der Waals surface area contributed by atoms with E-state index in [1.165, 1.54) is 24.3 Å². The topological polar surface area (TPSA) is 135 Å². The molecule has 170 valence electrons. The summed E-state index contributed by atoms with van der Waals surface area (Å²) in [5, 5.41) is 11.1. The van der Waals surface area contributed by atoms with Crippen LogP contribution in [0.25, 0.3) is 0 Å². The van der Waals surface area contributed by atoms with Crippen molar-refractivity contribution in [3.8, 4) is 0 Å². The highest BCUT2D eigenvalue weighted by Crippen LogP contribution is 2.17. The van der Waals surface area contributed by atoms with Gasteiger partial charge in [0, 0.05) is 19.4 Å². The molecule has 9 nitrogen and oxygen atoms in total. The molecule has 1 aromatic heterocycles. The van der Waals surface area contributed by atoms with E-state index in [1.54, 1.807) is 30.3 Å². The van der Waals surface area contributed by atoms with Gasteiger partial charge in [0.25, 0.3) is 0 Å². The first-order chi connectivity index (χ1) is 15.2. The quantitative estimate of drug-likeness (QED) is 0.441. The van der Waals surface area contributed by atoms with Gasteiger partial charge < -0.3 is 5.32 Å². The second kappa shape index (κ2) is 10.3. The number of anilines is 1. The van der Waals surface area contributed by atoms with E-state index in [0.29, 0.717) is 11.4 Å². The fraction of sp³-hybridized carbons (Fsp3) is 0.250. The maximum Gasteiger partial charge on any atom is 0.240 e. The third-order valence-electron chi connectivity index (χ3n) is 4.38. The maximum atomic E-state index is 12.3. The van der Waals surface area contributed by atoms with Crippen LogP contribution in [0.2, 0.25) is 0 Å². The van der Waals surface area contributed by atoms with Crippen molar-refractivity contribution < 1.29 is 21.6 Å². The molecule has 0 radical (unpaired) electrons. The van der Waals surface area contributed by atoms with Crippen LogP contribution in [0.15, 0.2) is 64.4 Å². The SMILES string of the molecule is Cc1ccc(S(=O)(=O)NCCc2nnc(NC(=O)CCS(=O)(=O)c3ccccc3)s2)cc1. The average Bonchev–Trinajstić information content (AvgIpc) is 3.20. The maximum absolute atomic E-state index is 12.3. The molecule has 0 spiro atoms. The van der Waals surface area contributed by atoms with Gasteiger partial charge in [0.15, 0.2) is 9.84 Å². The summed E-state index contributed by atoms with van der Waals surface area (Å²) in [6.45, 7) is 1.99. The highest BCUT2D eigenvalue weighted by Gasteiger charge is 2.17. The van der Waals surface area contributed by atoms with Crippen molar-refractivity contribution in [2.75, 3.05) is 17.6 Å². The molecule has 32 heavy (non-hydrogen) atoms. The molecular weight excluding hydrogens is 472 g/mol. The Morgan fingerprint density at radius 1 is 0.938 bits per heavy atom. The van der Waals surface area contributed by atoms with Crippen LogP contribution < -0.4 is 10.0 Å². The number of carbonyl (C=O) groups is 1. The van der Waals surface area contributed by atoms with Gasteiger partial charge in [-0.15, -0.1) is 10.2 Å². The summed E-state index contributed by atoms with van der Waals surface area (Å²) in [5.41, 5.74) is 0.963. The monoisotopic (exact) mass is 494 g/mol. The van der Waals surface area contributed by atoms with E-state index in [2.05, 4.69) is 20.2 Å². The average molecular weight is 495 g/mol. The molecule has 0 aliphatic carbocycles. The number of sulfonamides is 1. The summed E-state index contributed by atoms with van der Waals surface area (Å²) in [6.07, 6.45) is 0.0729. The van der Waals surface area contributed by atoms with Gasteiger partial charge in [0.2, 0.25) is 21.1 Å². The predicted octanol–water partition coefficient (Wildman–Crippen LogP) is 2.17. The first kappa shape index (κ1) is 24.0. The molecule has 2 aromatic carbocycles. The molecular formula is C20H22N4O5S3. The number of sulfone groups is 1. The van der Waals surface area contributed by atoms with Crippen molar-refractivity contribution in [1.82, 2.24) is 14.9 Å². The Kier molecular flexibility index (Phi) is 7.72. The number of aryl methyl sites for hydroxylation is 1. The molecule has 1 heterocycles. The van der Waals surface area contributed by atoms with E-state index >= 15 is 0 Å². The first-order valence-corrected chi connectivity index (χ1v) is 13.6. The molecule has 0 unspecified atom stereocenters. The lowest BCUT2D eigenvalue weighted by atomic mass is 10.2. The zero-order valence-electron chi connectivity index (χ0n) is 17.2. The van der Waals surface area contributed by atoms with E-state index in [-0.39, 0.29) is 33.6 Å².